The van der Waals surface area contributed by atoms with E-state index in [0.717, 1.165) is 30.4 Å². The first kappa shape index (κ1) is 27.2. The number of carbonyl (C=O) groups excluding carboxylic acids is 3. The van der Waals surface area contributed by atoms with Crippen LogP contribution in [0.1, 0.15) is 80.8 Å². The Morgan fingerprint density at radius 3 is 2.62 bits per heavy atom. The van der Waals surface area contributed by atoms with Gasteiger partial charge in [0.15, 0.2) is 0 Å². The third-order valence-electron chi connectivity index (χ3n) is 8.98. The molecule has 39 heavy (non-hydrogen) atoms. The Morgan fingerprint density at radius 1 is 1.08 bits per heavy atom. The van der Waals surface area contributed by atoms with E-state index in [4.69, 9.17) is 0 Å². The van der Waals surface area contributed by atoms with Crippen molar-refractivity contribution < 1.29 is 19.5 Å². The number of phenolic OH excluding ortho intramolecular Hbond substituents is 1. The first-order valence-electron chi connectivity index (χ1n) is 14.1. The number of aryl methyl sites for hydroxylation is 1. The van der Waals surface area contributed by atoms with Crippen LogP contribution in [0.5, 0.6) is 5.75 Å². The molecule has 0 aromatic heterocycles. The third kappa shape index (κ3) is 5.26. The van der Waals surface area contributed by atoms with Crippen LogP contribution in [-0.2, 0) is 27.2 Å². The van der Waals surface area contributed by atoms with Crippen LogP contribution < -0.4 is 16.0 Å². The predicted octanol–water partition coefficient (Wildman–Crippen LogP) is 3.29. The zero-order valence-electron chi connectivity index (χ0n) is 23.3. The van der Waals surface area contributed by atoms with Gasteiger partial charge in [0.05, 0.1) is 18.1 Å². The lowest BCUT2D eigenvalue weighted by Crippen LogP contribution is -2.55. The molecule has 0 spiro atoms. The quantitative estimate of drug-likeness (QED) is 0.456. The molecule has 3 aliphatic rings. The molecule has 1 aliphatic carbocycles. The van der Waals surface area contributed by atoms with Crippen molar-refractivity contribution in [1.82, 2.24) is 20.9 Å². The van der Waals surface area contributed by atoms with Crippen molar-refractivity contribution in [2.24, 2.45) is 5.41 Å². The zero-order chi connectivity index (χ0) is 27.9. The van der Waals surface area contributed by atoms with E-state index in [-0.39, 0.29) is 59.9 Å². The van der Waals surface area contributed by atoms with E-state index in [0.29, 0.717) is 6.42 Å². The molecule has 2 aromatic carbocycles. The molecule has 8 heteroatoms. The minimum atomic E-state index is -0.788. The number of benzene rings is 2. The summed E-state index contributed by atoms with van der Waals surface area (Å²) in [5, 5.41) is 19.4. The number of aromatic hydroxyl groups is 1. The molecule has 208 valence electrons. The SMILES string of the molecule is CN[C@@H](C)C(=O)N[C@H]1Cc2cc(O)ccc2[C@H]2CC(C)(C)C(CC(=O)N[C@@H]3CCCc4ccccc43)N2C1=O. The highest BCUT2D eigenvalue weighted by Gasteiger charge is 2.52. The molecule has 1 fully saturated rings. The Bertz CT molecular complexity index is 1270. The van der Waals surface area contributed by atoms with Gasteiger partial charge in [-0.1, -0.05) is 44.2 Å². The summed E-state index contributed by atoms with van der Waals surface area (Å²) < 4.78 is 0. The van der Waals surface area contributed by atoms with Crippen molar-refractivity contribution in [3.05, 3.63) is 64.7 Å². The second-order valence-corrected chi connectivity index (χ2v) is 12.0. The summed E-state index contributed by atoms with van der Waals surface area (Å²) in [5.41, 5.74) is 3.95. The summed E-state index contributed by atoms with van der Waals surface area (Å²) in [6.07, 6.45) is 4.12. The van der Waals surface area contributed by atoms with Crippen LogP contribution in [0.3, 0.4) is 0 Å². The number of fused-ring (bicyclic) bond motifs is 4. The molecule has 2 aromatic rings. The fraction of sp³-hybridized carbons (Fsp3) is 0.516. The number of carbonyl (C=O) groups is 3. The van der Waals surface area contributed by atoms with Crippen molar-refractivity contribution in [3.8, 4) is 5.75 Å². The Hall–Kier alpha value is -3.39. The molecule has 3 amide bonds. The maximum atomic E-state index is 14.2. The lowest BCUT2D eigenvalue weighted by Gasteiger charge is -2.36. The Morgan fingerprint density at radius 2 is 1.85 bits per heavy atom. The highest BCUT2D eigenvalue weighted by molar-refractivity contribution is 5.91. The van der Waals surface area contributed by atoms with Gasteiger partial charge in [-0.3, -0.25) is 14.4 Å². The van der Waals surface area contributed by atoms with Crippen LogP contribution in [0.25, 0.3) is 0 Å². The van der Waals surface area contributed by atoms with E-state index in [1.165, 1.54) is 11.1 Å². The largest absolute Gasteiger partial charge is 0.508 e. The highest BCUT2D eigenvalue weighted by atomic mass is 16.3. The summed E-state index contributed by atoms with van der Waals surface area (Å²) in [5.74, 6) is -0.384. The van der Waals surface area contributed by atoms with E-state index in [1.807, 2.05) is 23.1 Å². The fourth-order valence-corrected chi connectivity index (χ4v) is 6.72. The second kappa shape index (κ2) is 10.6. The van der Waals surface area contributed by atoms with Crippen LogP contribution in [0, 0.1) is 5.41 Å². The monoisotopic (exact) mass is 532 g/mol. The molecule has 5 atom stereocenters. The van der Waals surface area contributed by atoms with Crippen LogP contribution in [0.15, 0.2) is 42.5 Å². The predicted molar refractivity (Wildman–Crippen MR) is 149 cm³/mol. The standard InChI is InChI=1S/C31H40N4O4/c1-18(32-4)29(38)34-25-15-20-14-21(36)12-13-23(20)26-17-31(2,3)27(35(26)30(25)39)16-28(37)33-24-11-7-9-19-8-5-6-10-22(19)24/h5-6,8,10,12-14,18,24-27,32,36H,7,9,11,15-17H2,1-4H3,(H,33,37)(H,34,38)/t18-,24+,25-,26+,27?/m0/s1. The smallest absolute Gasteiger partial charge is 0.246 e. The summed E-state index contributed by atoms with van der Waals surface area (Å²) in [6, 6.07) is 11.7. The fourth-order valence-electron chi connectivity index (χ4n) is 6.72. The summed E-state index contributed by atoms with van der Waals surface area (Å²) in [7, 11) is 1.70. The summed E-state index contributed by atoms with van der Waals surface area (Å²) >= 11 is 0. The number of nitrogens with zero attached hydrogens (tertiary/aromatic N) is 1. The number of hydrogen-bond donors (Lipinski definition) is 4. The molecule has 1 unspecified atom stereocenters. The molecule has 1 saturated heterocycles. The van der Waals surface area contributed by atoms with Gasteiger partial charge in [-0.25, -0.2) is 0 Å². The van der Waals surface area contributed by atoms with Gasteiger partial charge >= 0.3 is 0 Å². The third-order valence-corrected chi connectivity index (χ3v) is 8.98. The van der Waals surface area contributed by atoms with Gasteiger partial charge in [-0.15, -0.1) is 0 Å². The average molecular weight is 533 g/mol. The molecular weight excluding hydrogens is 492 g/mol. The van der Waals surface area contributed by atoms with Crippen LogP contribution in [-0.4, -0.2) is 52.9 Å². The van der Waals surface area contributed by atoms with E-state index in [9.17, 15) is 19.5 Å². The van der Waals surface area contributed by atoms with Gasteiger partial charge in [0.25, 0.3) is 0 Å². The summed E-state index contributed by atoms with van der Waals surface area (Å²) in [4.78, 5) is 42.4. The maximum absolute atomic E-state index is 14.2. The normalized spacial score (nSPS) is 26.1. The number of likely N-dealkylation sites (N-methyl/N-ethyl adjacent to an activating group) is 1. The number of hydrogen-bond acceptors (Lipinski definition) is 5. The van der Waals surface area contributed by atoms with Crippen LogP contribution >= 0.6 is 0 Å². The van der Waals surface area contributed by atoms with Crippen molar-refractivity contribution in [1.29, 1.82) is 0 Å². The molecule has 2 aliphatic heterocycles. The van der Waals surface area contributed by atoms with Gasteiger partial charge in [-0.2, -0.15) is 0 Å². The van der Waals surface area contributed by atoms with Gasteiger partial charge in [-0.05, 0) is 79.5 Å². The lowest BCUT2D eigenvalue weighted by atomic mass is 9.80. The van der Waals surface area contributed by atoms with Crippen molar-refractivity contribution in [2.75, 3.05) is 7.05 Å². The van der Waals surface area contributed by atoms with Gasteiger partial charge in [0.2, 0.25) is 17.7 Å². The van der Waals surface area contributed by atoms with Crippen molar-refractivity contribution in [2.45, 2.75) is 89.5 Å². The molecular formula is C31H40N4O4. The van der Waals surface area contributed by atoms with E-state index in [2.05, 4.69) is 41.9 Å². The number of nitrogens with one attached hydrogen (secondary N) is 3. The topological polar surface area (TPSA) is 111 Å². The molecule has 0 saturated carbocycles. The minimum absolute atomic E-state index is 0.0265. The molecule has 4 N–H and O–H groups in total. The zero-order valence-corrected chi connectivity index (χ0v) is 23.3. The van der Waals surface area contributed by atoms with E-state index in [1.54, 1.807) is 26.1 Å². The average Bonchev–Trinajstić information content (AvgIpc) is 3.11. The van der Waals surface area contributed by atoms with Crippen molar-refractivity contribution in [3.63, 3.8) is 0 Å². The number of amides is 3. The Labute approximate surface area is 230 Å². The van der Waals surface area contributed by atoms with E-state index >= 15 is 0 Å². The van der Waals surface area contributed by atoms with Crippen LogP contribution in [0.4, 0.5) is 0 Å². The minimum Gasteiger partial charge on any atom is -0.508 e. The molecule has 0 radical (unpaired) electrons. The van der Waals surface area contributed by atoms with Gasteiger partial charge in [0.1, 0.15) is 11.8 Å². The molecule has 8 nitrogen and oxygen atoms in total. The maximum Gasteiger partial charge on any atom is 0.246 e. The lowest BCUT2D eigenvalue weighted by molar-refractivity contribution is -0.140. The number of rotatable bonds is 6. The first-order valence-corrected chi connectivity index (χ1v) is 14.1. The highest BCUT2D eigenvalue weighted by Crippen LogP contribution is 2.51. The number of phenols is 1. The Kier molecular flexibility index (Phi) is 7.42. The molecule has 5 rings (SSSR count). The summed E-state index contributed by atoms with van der Waals surface area (Å²) in [6.45, 7) is 5.97. The molecule has 0 bridgehead atoms. The van der Waals surface area contributed by atoms with Gasteiger partial charge in [0, 0.05) is 18.9 Å². The molecule has 2 heterocycles. The van der Waals surface area contributed by atoms with Crippen molar-refractivity contribution >= 4 is 17.7 Å². The van der Waals surface area contributed by atoms with E-state index < -0.39 is 12.1 Å². The first-order chi connectivity index (χ1) is 18.6. The van der Waals surface area contributed by atoms with Gasteiger partial charge < -0.3 is 26.0 Å². The van der Waals surface area contributed by atoms with Crippen LogP contribution in [0.2, 0.25) is 0 Å². The Balaban J connectivity index is 1.44. The second-order valence-electron chi connectivity index (χ2n) is 12.0.